The highest BCUT2D eigenvalue weighted by atomic mass is 79.9. The molecule has 1 aliphatic heterocycles. The molecule has 0 atom stereocenters. The minimum absolute atomic E-state index is 0.0933. The van der Waals surface area contributed by atoms with Gasteiger partial charge in [0.1, 0.15) is 11.4 Å². The van der Waals surface area contributed by atoms with Gasteiger partial charge in [-0.15, -0.1) is 0 Å². The SMILES string of the molecule is CCOc1cc(Br)cc(C=C2C(=O)NC(=O)N(c3ccc(F)cc3)C2=O)c1O. The van der Waals surface area contributed by atoms with Crippen LogP contribution in [0.2, 0.25) is 0 Å². The molecule has 2 N–H and O–H groups in total. The van der Waals surface area contributed by atoms with Gasteiger partial charge in [-0.2, -0.15) is 0 Å². The maximum absolute atomic E-state index is 13.1. The molecule has 0 bridgehead atoms. The molecule has 1 heterocycles. The van der Waals surface area contributed by atoms with E-state index >= 15 is 0 Å². The zero-order valence-corrected chi connectivity index (χ0v) is 16.1. The number of carbonyl (C=O) groups is 3. The van der Waals surface area contributed by atoms with Crippen molar-refractivity contribution < 1.29 is 28.6 Å². The number of hydrogen-bond donors (Lipinski definition) is 2. The number of aromatic hydroxyl groups is 1. The van der Waals surface area contributed by atoms with Crippen molar-refractivity contribution in [1.82, 2.24) is 5.32 Å². The third-order valence-corrected chi connectivity index (χ3v) is 4.31. The number of anilines is 1. The lowest BCUT2D eigenvalue weighted by molar-refractivity contribution is -0.122. The first-order valence-corrected chi connectivity index (χ1v) is 8.93. The number of halogens is 2. The van der Waals surface area contributed by atoms with E-state index in [0.29, 0.717) is 16.0 Å². The number of hydrogen-bond acceptors (Lipinski definition) is 5. The Labute approximate surface area is 167 Å². The van der Waals surface area contributed by atoms with E-state index in [2.05, 4.69) is 21.2 Å². The molecule has 9 heteroatoms. The van der Waals surface area contributed by atoms with Crippen LogP contribution in [0.4, 0.5) is 14.9 Å². The molecule has 0 saturated carbocycles. The van der Waals surface area contributed by atoms with Crippen LogP contribution in [0.25, 0.3) is 6.08 Å². The fourth-order valence-electron chi connectivity index (χ4n) is 2.61. The van der Waals surface area contributed by atoms with Crippen molar-refractivity contribution in [3.63, 3.8) is 0 Å². The molecule has 0 radical (unpaired) electrons. The summed E-state index contributed by atoms with van der Waals surface area (Å²) in [4.78, 5) is 37.9. The highest BCUT2D eigenvalue weighted by Gasteiger charge is 2.37. The number of barbiturate groups is 1. The number of rotatable bonds is 4. The van der Waals surface area contributed by atoms with Crippen LogP contribution in [0.5, 0.6) is 11.5 Å². The van der Waals surface area contributed by atoms with Gasteiger partial charge in [0.25, 0.3) is 11.8 Å². The van der Waals surface area contributed by atoms with Crippen LogP contribution in [0.3, 0.4) is 0 Å². The van der Waals surface area contributed by atoms with Gasteiger partial charge >= 0.3 is 6.03 Å². The number of phenols is 1. The molecular formula is C19H14BrFN2O5. The Hall–Kier alpha value is -3.20. The first-order chi connectivity index (χ1) is 13.3. The van der Waals surface area contributed by atoms with Crippen LogP contribution >= 0.6 is 15.9 Å². The molecule has 1 saturated heterocycles. The minimum atomic E-state index is -0.952. The van der Waals surface area contributed by atoms with E-state index in [-0.39, 0.29) is 28.3 Å². The van der Waals surface area contributed by atoms with Crippen LogP contribution in [0.1, 0.15) is 12.5 Å². The van der Waals surface area contributed by atoms with E-state index in [1.807, 2.05) is 0 Å². The van der Waals surface area contributed by atoms with E-state index in [0.717, 1.165) is 18.2 Å². The lowest BCUT2D eigenvalue weighted by atomic mass is 10.1. The van der Waals surface area contributed by atoms with E-state index in [1.54, 1.807) is 6.92 Å². The third-order valence-electron chi connectivity index (χ3n) is 3.86. The van der Waals surface area contributed by atoms with Gasteiger partial charge < -0.3 is 9.84 Å². The number of carbonyl (C=O) groups excluding carboxylic acids is 3. The molecule has 2 aromatic rings. The Morgan fingerprint density at radius 2 is 1.89 bits per heavy atom. The molecule has 0 aromatic heterocycles. The zero-order chi connectivity index (χ0) is 20.4. The lowest BCUT2D eigenvalue weighted by Crippen LogP contribution is -2.54. The summed E-state index contributed by atoms with van der Waals surface area (Å²) in [5, 5.41) is 12.4. The maximum Gasteiger partial charge on any atom is 0.335 e. The van der Waals surface area contributed by atoms with Gasteiger partial charge in [-0.3, -0.25) is 14.9 Å². The Morgan fingerprint density at radius 1 is 1.21 bits per heavy atom. The molecule has 144 valence electrons. The minimum Gasteiger partial charge on any atom is -0.504 e. The Bertz CT molecular complexity index is 1000. The molecule has 4 amide bonds. The normalized spacial score (nSPS) is 15.8. The summed E-state index contributed by atoms with van der Waals surface area (Å²) in [6, 6.07) is 6.73. The summed E-state index contributed by atoms with van der Waals surface area (Å²) >= 11 is 3.27. The quantitative estimate of drug-likeness (QED) is 0.552. The van der Waals surface area contributed by atoms with Gasteiger partial charge in [0.05, 0.1) is 12.3 Å². The number of nitrogens with one attached hydrogen (secondary N) is 1. The van der Waals surface area contributed by atoms with Gasteiger partial charge in [-0.25, -0.2) is 14.1 Å². The molecular weight excluding hydrogens is 435 g/mol. The molecule has 1 fully saturated rings. The van der Waals surface area contributed by atoms with Crippen molar-refractivity contribution >= 4 is 45.5 Å². The topological polar surface area (TPSA) is 95.9 Å². The predicted octanol–water partition coefficient (Wildman–Crippen LogP) is 3.36. The number of benzene rings is 2. The van der Waals surface area contributed by atoms with Crippen molar-refractivity contribution in [1.29, 1.82) is 0 Å². The predicted molar refractivity (Wildman–Crippen MR) is 102 cm³/mol. The van der Waals surface area contributed by atoms with Gasteiger partial charge in [0.2, 0.25) is 0 Å². The Kier molecular flexibility index (Phi) is 5.46. The first-order valence-electron chi connectivity index (χ1n) is 8.14. The summed E-state index contributed by atoms with van der Waals surface area (Å²) in [5.74, 6) is -2.45. The summed E-state index contributed by atoms with van der Waals surface area (Å²) in [7, 11) is 0. The third kappa shape index (κ3) is 3.74. The summed E-state index contributed by atoms with van der Waals surface area (Å²) < 4.78 is 19.0. The van der Waals surface area contributed by atoms with Crippen LogP contribution in [0.15, 0.2) is 46.4 Å². The summed E-state index contributed by atoms with van der Waals surface area (Å²) in [6.45, 7) is 2.04. The highest BCUT2D eigenvalue weighted by Crippen LogP contribution is 2.35. The van der Waals surface area contributed by atoms with Crippen LogP contribution in [-0.4, -0.2) is 29.6 Å². The molecule has 0 spiro atoms. The van der Waals surface area contributed by atoms with Crippen LogP contribution in [0, 0.1) is 5.82 Å². The second-order valence-corrected chi connectivity index (χ2v) is 6.62. The van der Waals surface area contributed by atoms with E-state index in [9.17, 15) is 23.9 Å². The summed E-state index contributed by atoms with van der Waals surface area (Å²) in [6.07, 6.45) is 1.16. The van der Waals surface area contributed by atoms with Crippen molar-refractivity contribution in [2.45, 2.75) is 6.92 Å². The Morgan fingerprint density at radius 3 is 2.54 bits per heavy atom. The molecule has 2 aromatic carbocycles. The maximum atomic E-state index is 13.1. The number of amides is 4. The fourth-order valence-corrected chi connectivity index (χ4v) is 3.06. The molecule has 0 unspecified atom stereocenters. The number of nitrogens with zero attached hydrogens (tertiary/aromatic N) is 1. The number of urea groups is 1. The van der Waals surface area contributed by atoms with Crippen LogP contribution < -0.4 is 15.0 Å². The molecule has 28 heavy (non-hydrogen) atoms. The van der Waals surface area contributed by atoms with Crippen molar-refractivity contribution in [2.24, 2.45) is 0 Å². The second-order valence-electron chi connectivity index (χ2n) is 5.71. The zero-order valence-electron chi connectivity index (χ0n) is 14.5. The number of phenolic OH excluding ortho intramolecular Hbond substituents is 1. The average molecular weight is 449 g/mol. The molecule has 1 aliphatic rings. The molecule has 7 nitrogen and oxygen atoms in total. The van der Waals surface area contributed by atoms with Gasteiger partial charge in [-0.05, 0) is 49.4 Å². The standard InChI is InChI=1S/C19H14BrFN2O5/c1-2-28-15-9-11(20)7-10(16(15)24)8-14-17(25)22-19(27)23(18(14)26)13-5-3-12(21)4-6-13/h3-9,24H,2H2,1H3,(H,22,25,27). The molecule has 3 rings (SSSR count). The highest BCUT2D eigenvalue weighted by molar-refractivity contribution is 9.10. The van der Waals surface area contributed by atoms with Crippen molar-refractivity contribution in [3.8, 4) is 11.5 Å². The van der Waals surface area contributed by atoms with E-state index < -0.39 is 23.7 Å². The van der Waals surface area contributed by atoms with Crippen molar-refractivity contribution in [3.05, 3.63) is 57.8 Å². The fraction of sp³-hybridized carbons (Fsp3) is 0.105. The smallest absolute Gasteiger partial charge is 0.335 e. The van der Waals surface area contributed by atoms with Gasteiger partial charge in [0.15, 0.2) is 11.5 Å². The summed E-state index contributed by atoms with van der Waals surface area (Å²) in [5.41, 5.74) is -0.139. The average Bonchev–Trinajstić information content (AvgIpc) is 2.63. The first kappa shape index (κ1) is 19.6. The monoisotopic (exact) mass is 448 g/mol. The largest absolute Gasteiger partial charge is 0.504 e. The lowest BCUT2D eigenvalue weighted by Gasteiger charge is -2.26. The molecule has 0 aliphatic carbocycles. The Balaban J connectivity index is 2.06. The number of ether oxygens (including phenoxy) is 1. The second kappa shape index (κ2) is 7.81. The van der Waals surface area contributed by atoms with E-state index in [1.165, 1.54) is 24.3 Å². The van der Waals surface area contributed by atoms with Crippen LogP contribution in [-0.2, 0) is 9.59 Å². The van der Waals surface area contributed by atoms with Gasteiger partial charge in [-0.1, -0.05) is 15.9 Å². The van der Waals surface area contributed by atoms with Crippen molar-refractivity contribution in [2.75, 3.05) is 11.5 Å². The van der Waals surface area contributed by atoms with E-state index in [4.69, 9.17) is 4.74 Å². The van der Waals surface area contributed by atoms with Gasteiger partial charge in [0, 0.05) is 10.0 Å². The number of imide groups is 2.